The minimum atomic E-state index is -5.05. The first-order chi connectivity index (χ1) is 7.74. The first kappa shape index (κ1) is 14.4. The first-order valence-corrected chi connectivity index (χ1v) is 5.25. The first-order valence-electron chi connectivity index (χ1n) is 4.18. The summed E-state index contributed by atoms with van der Waals surface area (Å²) in [6, 6.07) is 0.823. The highest BCUT2D eigenvalue weighted by atomic mass is 127. The van der Waals surface area contributed by atoms with Gasteiger partial charge >= 0.3 is 6.36 Å². The number of rotatable bonds is 3. The van der Waals surface area contributed by atoms with E-state index in [-0.39, 0.29) is 15.8 Å². The fourth-order valence-electron chi connectivity index (χ4n) is 1.03. The minimum Gasteiger partial charge on any atom is -0.404 e. The van der Waals surface area contributed by atoms with Gasteiger partial charge in [-0.2, -0.15) is 0 Å². The SMILES string of the molecule is NCc1cc(OC(F)(F)F)c(C(F)F)nc1I. The van der Waals surface area contributed by atoms with E-state index in [1.807, 2.05) is 0 Å². The number of ether oxygens (including phenoxy) is 1. The van der Waals surface area contributed by atoms with Crippen molar-refractivity contribution >= 4 is 22.6 Å². The smallest absolute Gasteiger partial charge is 0.404 e. The number of pyridine rings is 1. The van der Waals surface area contributed by atoms with Crippen LogP contribution >= 0.6 is 22.6 Å². The molecular weight excluding hydrogens is 362 g/mol. The molecule has 0 spiro atoms. The molecule has 0 aliphatic heterocycles. The van der Waals surface area contributed by atoms with Crippen LogP contribution in [0.15, 0.2) is 6.07 Å². The van der Waals surface area contributed by atoms with Crippen LogP contribution in [0.25, 0.3) is 0 Å². The van der Waals surface area contributed by atoms with Crippen LogP contribution in [0, 0.1) is 3.70 Å². The maximum atomic E-state index is 12.5. The maximum Gasteiger partial charge on any atom is 0.573 e. The average Bonchev–Trinajstić information content (AvgIpc) is 2.17. The molecular formula is C8H6F5IN2O. The fourth-order valence-corrected chi connectivity index (χ4v) is 1.67. The summed E-state index contributed by atoms with van der Waals surface area (Å²) >= 11 is 1.61. The number of aromatic nitrogens is 1. The van der Waals surface area contributed by atoms with Gasteiger partial charge < -0.3 is 10.5 Å². The second-order valence-corrected chi connectivity index (χ2v) is 3.90. The van der Waals surface area contributed by atoms with Gasteiger partial charge in [0.2, 0.25) is 0 Å². The summed E-state index contributed by atoms with van der Waals surface area (Å²) < 4.78 is 64.5. The van der Waals surface area contributed by atoms with E-state index in [4.69, 9.17) is 5.73 Å². The molecule has 0 fully saturated rings. The van der Waals surface area contributed by atoms with Gasteiger partial charge in [-0.05, 0) is 28.7 Å². The summed E-state index contributed by atoms with van der Waals surface area (Å²) in [4.78, 5) is 3.36. The van der Waals surface area contributed by atoms with Crippen LogP contribution in [0.4, 0.5) is 22.0 Å². The van der Waals surface area contributed by atoms with Gasteiger partial charge in [-0.25, -0.2) is 13.8 Å². The summed E-state index contributed by atoms with van der Waals surface area (Å²) in [6.45, 7) is -0.122. The van der Waals surface area contributed by atoms with E-state index in [2.05, 4.69) is 9.72 Å². The summed E-state index contributed by atoms with van der Waals surface area (Å²) in [5.41, 5.74) is 4.39. The van der Waals surface area contributed by atoms with Crippen molar-refractivity contribution in [1.29, 1.82) is 0 Å². The van der Waals surface area contributed by atoms with Crippen molar-refractivity contribution in [3.05, 3.63) is 21.0 Å². The summed E-state index contributed by atoms with van der Waals surface area (Å²) in [5, 5.41) is 0. The summed E-state index contributed by atoms with van der Waals surface area (Å²) in [5.74, 6) is -1.02. The van der Waals surface area contributed by atoms with Crippen molar-refractivity contribution in [2.24, 2.45) is 5.73 Å². The van der Waals surface area contributed by atoms with Crippen LogP contribution in [-0.2, 0) is 6.54 Å². The zero-order valence-corrected chi connectivity index (χ0v) is 10.2. The Morgan fingerprint density at radius 1 is 1.41 bits per heavy atom. The molecule has 0 bridgehead atoms. The molecule has 1 aromatic rings. The summed E-state index contributed by atoms with van der Waals surface area (Å²) in [7, 11) is 0. The van der Waals surface area contributed by atoms with Crippen molar-refractivity contribution in [2.45, 2.75) is 19.3 Å². The number of nitrogens with zero attached hydrogens (tertiary/aromatic N) is 1. The van der Waals surface area contributed by atoms with Crippen LogP contribution in [0.5, 0.6) is 5.75 Å². The third-order valence-corrected chi connectivity index (χ3v) is 2.63. The molecule has 0 aromatic carbocycles. The molecule has 0 atom stereocenters. The normalized spacial score (nSPS) is 12.0. The van der Waals surface area contributed by atoms with Crippen LogP contribution in [0.3, 0.4) is 0 Å². The minimum absolute atomic E-state index is 0.120. The molecule has 2 N–H and O–H groups in total. The predicted molar refractivity (Wildman–Crippen MR) is 56.5 cm³/mol. The number of nitrogens with two attached hydrogens (primary N) is 1. The highest BCUT2D eigenvalue weighted by Crippen LogP contribution is 2.33. The highest BCUT2D eigenvalue weighted by Gasteiger charge is 2.34. The Bertz CT molecular complexity index is 410. The molecule has 9 heteroatoms. The quantitative estimate of drug-likeness (QED) is 0.507. The predicted octanol–water partition coefficient (Wildman–Crippen LogP) is 2.98. The van der Waals surface area contributed by atoms with Gasteiger partial charge in [-0.15, -0.1) is 13.2 Å². The molecule has 96 valence electrons. The van der Waals surface area contributed by atoms with Crippen molar-refractivity contribution in [1.82, 2.24) is 4.98 Å². The second kappa shape index (κ2) is 5.29. The van der Waals surface area contributed by atoms with Crippen molar-refractivity contribution in [3.8, 4) is 5.75 Å². The zero-order valence-electron chi connectivity index (χ0n) is 8.06. The molecule has 1 aromatic heterocycles. The van der Waals surface area contributed by atoms with Crippen molar-refractivity contribution < 1.29 is 26.7 Å². The van der Waals surface area contributed by atoms with Gasteiger partial charge in [0.15, 0.2) is 5.75 Å². The molecule has 0 amide bonds. The molecule has 0 saturated heterocycles. The van der Waals surface area contributed by atoms with Gasteiger partial charge in [0.05, 0.1) is 0 Å². The van der Waals surface area contributed by atoms with E-state index in [9.17, 15) is 22.0 Å². The topological polar surface area (TPSA) is 48.1 Å². The summed E-state index contributed by atoms with van der Waals surface area (Å²) in [6.07, 6.45) is -8.21. The van der Waals surface area contributed by atoms with E-state index in [1.54, 1.807) is 22.6 Å². The number of alkyl halides is 5. The molecule has 1 rings (SSSR count). The van der Waals surface area contributed by atoms with E-state index < -0.39 is 24.2 Å². The molecule has 0 aliphatic rings. The molecule has 17 heavy (non-hydrogen) atoms. The lowest BCUT2D eigenvalue weighted by molar-refractivity contribution is -0.275. The van der Waals surface area contributed by atoms with Crippen LogP contribution in [0.1, 0.15) is 17.7 Å². The van der Waals surface area contributed by atoms with Crippen molar-refractivity contribution in [2.75, 3.05) is 0 Å². The molecule has 1 heterocycles. The molecule has 0 unspecified atom stereocenters. The van der Waals surface area contributed by atoms with Gasteiger partial charge in [-0.3, -0.25) is 0 Å². The van der Waals surface area contributed by atoms with Gasteiger partial charge in [0.25, 0.3) is 6.43 Å². The Balaban J connectivity index is 3.24. The van der Waals surface area contributed by atoms with E-state index in [0.717, 1.165) is 6.07 Å². The standard InChI is InChI=1S/C8H6F5IN2O/c9-6(10)5-4(17-8(11,12)13)1-3(2-15)7(14)16-5/h1,6H,2,15H2. The Labute approximate surface area is 106 Å². The van der Waals surface area contributed by atoms with E-state index >= 15 is 0 Å². The number of hydrogen-bond acceptors (Lipinski definition) is 3. The lowest BCUT2D eigenvalue weighted by Crippen LogP contribution is -2.19. The lowest BCUT2D eigenvalue weighted by Gasteiger charge is -2.14. The monoisotopic (exact) mass is 368 g/mol. The Morgan fingerprint density at radius 3 is 2.41 bits per heavy atom. The van der Waals surface area contributed by atoms with Crippen LogP contribution in [0.2, 0.25) is 0 Å². The zero-order chi connectivity index (χ0) is 13.2. The third-order valence-electron chi connectivity index (χ3n) is 1.69. The maximum absolute atomic E-state index is 12.5. The van der Waals surface area contributed by atoms with Gasteiger partial charge in [0, 0.05) is 12.1 Å². The largest absolute Gasteiger partial charge is 0.573 e. The Kier molecular flexibility index (Phi) is 4.47. The molecule has 0 aliphatic carbocycles. The van der Waals surface area contributed by atoms with Crippen LogP contribution in [-0.4, -0.2) is 11.3 Å². The average molecular weight is 368 g/mol. The number of halogens is 6. The Morgan fingerprint density at radius 2 is 2.00 bits per heavy atom. The molecule has 0 saturated carbocycles. The van der Waals surface area contributed by atoms with Gasteiger partial charge in [-0.1, -0.05) is 0 Å². The fraction of sp³-hybridized carbons (Fsp3) is 0.375. The molecule has 3 nitrogen and oxygen atoms in total. The van der Waals surface area contributed by atoms with Crippen molar-refractivity contribution in [3.63, 3.8) is 0 Å². The lowest BCUT2D eigenvalue weighted by atomic mass is 10.2. The van der Waals surface area contributed by atoms with Gasteiger partial charge in [0.1, 0.15) is 9.39 Å². The van der Waals surface area contributed by atoms with E-state index in [0.29, 0.717) is 0 Å². The second-order valence-electron chi connectivity index (χ2n) is 2.87. The van der Waals surface area contributed by atoms with E-state index in [1.165, 1.54) is 0 Å². The Hall–Kier alpha value is -0.710. The third kappa shape index (κ3) is 3.91. The van der Waals surface area contributed by atoms with Crippen LogP contribution < -0.4 is 10.5 Å². The molecule has 0 radical (unpaired) electrons. The highest BCUT2D eigenvalue weighted by molar-refractivity contribution is 14.1. The number of hydrogen-bond donors (Lipinski definition) is 1.